The molecule has 1 aromatic carbocycles. The van der Waals surface area contributed by atoms with Crippen molar-refractivity contribution in [3.63, 3.8) is 0 Å². The van der Waals surface area contributed by atoms with Crippen LogP contribution >= 0.6 is 15.9 Å². The summed E-state index contributed by atoms with van der Waals surface area (Å²) in [5.41, 5.74) is 1.75. The topological polar surface area (TPSA) is 81.9 Å². The fraction of sp³-hybridized carbons (Fsp3) is 0.263. The fourth-order valence-electron chi connectivity index (χ4n) is 3.11. The summed E-state index contributed by atoms with van der Waals surface area (Å²) in [5, 5.41) is 7.43. The lowest BCUT2D eigenvalue weighted by molar-refractivity contribution is -0.119. The third-order valence-electron chi connectivity index (χ3n) is 4.65. The molecule has 4 rings (SSSR count). The lowest BCUT2D eigenvalue weighted by atomic mass is 9.88. The maximum Gasteiger partial charge on any atom is 0.235 e. The highest BCUT2D eigenvalue weighted by Crippen LogP contribution is 2.41. The number of carbonyl (C=O) groups is 1. The summed E-state index contributed by atoms with van der Waals surface area (Å²) >= 11 is 3.49. The summed E-state index contributed by atoms with van der Waals surface area (Å²) in [6, 6.07) is 11.8. The van der Waals surface area contributed by atoms with Gasteiger partial charge >= 0.3 is 0 Å². The smallest absolute Gasteiger partial charge is 0.235 e. The van der Waals surface area contributed by atoms with Gasteiger partial charge in [-0.3, -0.25) is 4.79 Å². The molecule has 0 aliphatic carbocycles. The molecule has 0 bridgehead atoms. The molecule has 138 valence electrons. The molecule has 0 saturated carbocycles. The predicted octanol–water partition coefficient (Wildman–Crippen LogP) is 3.39. The number of benzene rings is 1. The number of fused-ring (bicyclic) bond motifs is 1. The van der Waals surface area contributed by atoms with Crippen LogP contribution in [0.3, 0.4) is 0 Å². The van der Waals surface area contributed by atoms with Crippen molar-refractivity contribution in [3.05, 3.63) is 52.1 Å². The van der Waals surface area contributed by atoms with Gasteiger partial charge in [0.25, 0.3) is 0 Å². The molecule has 0 spiro atoms. The summed E-state index contributed by atoms with van der Waals surface area (Å²) in [6.07, 6.45) is 0. The molecule has 1 amide bonds. The Bertz CT molecular complexity index is 1030. The number of hydrogen-bond donors (Lipinski definition) is 1. The first-order chi connectivity index (χ1) is 12.9. The van der Waals surface area contributed by atoms with E-state index in [0.717, 1.165) is 11.1 Å². The van der Waals surface area contributed by atoms with Gasteiger partial charge in [0, 0.05) is 11.6 Å². The van der Waals surface area contributed by atoms with Crippen LogP contribution in [0.2, 0.25) is 0 Å². The second-order valence-corrected chi connectivity index (χ2v) is 7.61. The number of carbonyl (C=O) groups excluding carboxylic acids is 1. The monoisotopic (exact) mass is 427 g/mol. The molecule has 1 aliphatic rings. The summed E-state index contributed by atoms with van der Waals surface area (Å²) in [5.74, 6) is 1.44. The Morgan fingerprint density at radius 3 is 2.67 bits per heavy atom. The second-order valence-electron chi connectivity index (χ2n) is 6.86. The average Bonchev–Trinajstić information content (AvgIpc) is 3.14. The number of amides is 1. The van der Waals surface area contributed by atoms with Gasteiger partial charge < -0.3 is 10.1 Å². The van der Waals surface area contributed by atoms with Crippen LogP contribution in [-0.4, -0.2) is 32.8 Å². The van der Waals surface area contributed by atoms with Crippen molar-refractivity contribution < 1.29 is 9.53 Å². The lowest BCUT2D eigenvalue weighted by Gasteiger charge is -2.15. The van der Waals surface area contributed by atoms with Gasteiger partial charge in [0.1, 0.15) is 16.1 Å². The highest BCUT2D eigenvalue weighted by molar-refractivity contribution is 9.10. The maximum atomic E-state index is 12.2. The summed E-state index contributed by atoms with van der Waals surface area (Å²) in [4.78, 5) is 21.3. The second kappa shape index (κ2) is 6.45. The minimum Gasteiger partial charge on any atom is -0.481 e. The Balaban J connectivity index is 1.74. The Morgan fingerprint density at radius 2 is 1.96 bits per heavy atom. The van der Waals surface area contributed by atoms with E-state index in [-0.39, 0.29) is 5.91 Å². The van der Waals surface area contributed by atoms with Gasteiger partial charge in [0.2, 0.25) is 11.8 Å². The van der Waals surface area contributed by atoms with Crippen LogP contribution in [-0.2, 0) is 16.8 Å². The summed E-state index contributed by atoms with van der Waals surface area (Å²) < 4.78 is 7.80. The average molecular weight is 428 g/mol. The number of nitrogens with one attached hydrogen (secondary N) is 1. The normalized spacial score (nSPS) is 14.7. The molecule has 1 N–H and O–H groups in total. The number of ether oxygens (including phenoxy) is 1. The standard InChI is InChI=1S/C19H18BrN5O2/c1-19(2)14-15(20)21-16(22-17(14)23-18(19)26)12-9-13(27-3)25(24-12)10-11-7-5-4-6-8-11/h4-9H,10H2,1-3H3,(H,21,22,23,26). The molecule has 3 heterocycles. The third kappa shape index (κ3) is 2.99. The number of methoxy groups -OCH3 is 1. The Labute approximate surface area is 164 Å². The van der Waals surface area contributed by atoms with Gasteiger partial charge in [-0.25, -0.2) is 14.6 Å². The number of hydrogen-bond acceptors (Lipinski definition) is 5. The summed E-state index contributed by atoms with van der Waals surface area (Å²) in [6.45, 7) is 4.26. The minimum atomic E-state index is -0.683. The molecule has 2 aromatic heterocycles. The zero-order valence-corrected chi connectivity index (χ0v) is 16.7. The van der Waals surface area contributed by atoms with Crippen LogP contribution < -0.4 is 10.1 Å². The quantitative estimate of drug-likeness (QED) is 0.645. The molecule has 3 aromatic rings. The van der Waals surface area contributed by atoms with Crippen molar-refractivity contribution in [2.24, 2.45) is 0 Å². The van der Waals surface area contributed by atoms with E-state index in [1.54, 1.807) is 17.9 Å². The molecule has 0 fully saturated rings. The van der Waals surface area contributed by atoms with Gasteiger partial charge in [0.15, 0.2) is 5.82 Å². The van der Waals surface area contributed by atoms with Crippen LogP contribution in [0.15, 0.2) is 41.0 Å². The minimum absolute atomic E-state index is 0.100. The van der Waals surface area contributed by atoms with E-state index >= 15 is 0 Å². The van der Waals surface area contributed by atoms with E-state index in [1.807, 2.05) is 44.2 Å². The Morgan fingerprint density at radius 1 is 1.22 bits per heavy atom. The van der Waals surface area contributed by atoms with Crippen LogP contribution in [0.5, 0.6) is 5.88 Å². The fourth-order valence-corrected chi connectivity index (χ4v) is 3.96. The lowest BCUT2D eigenvalue weighted by Crippen LogP contribution is -2.27. The van der Waals surface area contributed by atoms with Crippen molar-refractivity contribution in [2.75, 3.05) is 12.4 Å². The van der Waals surface area contributed by atoms with Crippen molar-refractivity contribution in [1.29, 1.82) is 0 Å². The zero-order chi connectivity index (χ0) is 19.2. The van der Waals surface area contributed by atoms with Crippen LogP contribution in [0.4, 0.5) is 5.82 Å². The SMILES string of the molecule is COc1cc(-c2nc(Br)c3c(n2)NC(=O)C3(C)C)nn1Cc1ccccc1. The highest BCUT2D eigenvalue weighted by atomic mass is 79.9. The van der Waals surface area contributed by atoms with E-state index in [2.05, 4.69) is 36.3 Å². The van der Waals surface area contributed by atoms with E-state index in [0.29, 0.717) is 34.4 Å². The first-order valence-corrected chi connectivity index (χ1v) is 9.25. The van der Waals surface area contributed by atoms with Gasteiger partial charge in [-0.15, -0.1) is 0 Å². The molecule has 0 atom stereocenters. The number of anilines is 1. The molecule has 27 heavy (non-hydrogen) atoms. The zero-order valence-electron chi connectivity index (χ0n) is 15.2. The van der Waals surface area contributed by atoms with Crippen LogP contribution in [0.1, 0.15) is 25.0 Å². The number of halogens is 1. The first-order valence-electron chi connectivity index (χ1n) is 8.45. The van der Waals surface area contributed by atoms with Gasteiger partial charge in [-0.2, -0.15) is 5.10 Å². The van der Waals surface area contributed by atoms with Crippen molar-refractivity contribution in [1.82, 2.24) is 19.7 Å². The predicted molar refractivity (Wildman–Crippen MR) is 105 cm³/mol. The largest absolute Gasteiger partial charge is 0.481 e. The van der Waals surface area contributed by atoms with Crippen LogP contribution in [0.25, 0.3) is 11.5 Å². The van der Waals surface area contributed by atoms with Gasteiger partial charge in [-0.05, 0) is 35.3 Å². The Hall–Kier alpha value is -2.74. The summed E-state index contributed by atoms with van der Waals surface area (Å²) in [7, 11) is 1.60. The molecule has 1 aliphatic heterocycles. The number of nitrogens with zero attached hydrogens (tertiary/aromatic N) is 4. The highest BCUT2D eigenvalue weighted by Gasteiger charge is 2.42. The molecular formula is C19H18BrN5O2. The Kier molecular flexibility index (Phi) is 4.22. The van der Waals surface area contributed by atoms with Crippen molar-refractivity contribution in [3.8, 4) is 17.4 Å². The molecule has 0 saturated heterocycles. The molecule has 8 heteroatoms. The molecule has 0 unspecified atom stereocenters. The van der Waals surface area contributed by atoms with E-state index in [9.17, 15) is 4.79 Å². The van der Waals surface area contributed by atoms with E-state index in [4.69, 9.17) is 4.74 Å². The third-order valence-corrected chi connectivity index (χ3v) is 5.22. The molecule has 7 nitrogen and oxygen atoms in total. The number of rotatable bonds is 4. The maximum absolute atomic E-state index is 12.2. The van der Waals surface area contributed by atoms with Gasteiger partial charge in [-0.1, -0.05) is 30.3 Å². The van der Waals surface area contributed by atoms with Crippen molar-refractivity contribution >= 4 is 27.7 Å². The molecular weight excluding hydrogens is 410 g/mol. The van der Waals surface area contributed by atoms with Crippen LogP contribution in [0, 0.1) is 0 Å². The van der Waals surface area contributed by atoms with E-state index < -0.39 is 5.41 Å². The molecule has 0 radical (unpaired) electrons. The first kappa shape index (κ1) is 17.7. The van der Waals surface area contributed by atoms with Crippen molar-refractivity contribution in [2.45, 2.75) is 25.8 Å². The number of aromatic nitrogens is 4. The van der Waals surface area contributed by atoms with E-state index in [1.165, 1.54) is 0 Å². The van der Waals surface area contributed by atoms with Gasteiger partial charge in [0.05, 0.1) is 19.1 Å².